The Balaban J connectivity index is 5.57. The molecule has 0 saturated heterocycles. The van der Waals surface area contributed by atoms with E-state index in [4.69, 9.17) is 8.85 Å². The van der Waals surface area contributed by atoms with Gasteiger partial charge in [0.05, 0.1) is 0 Å². The lowest BCUT2D eigenvalue weighted by Crippen LogP contribution is -2.65. The van der Waals surface area contributed by atoms with E-state index in [2.05, 4.69) is 66.9 Å². The molecule has 0 spiro atoms. The molecule has 0 aliphatic heterocycles. The second kappa shape index (κ2) is 8.52. The number of hydrogen-bond acceptors (Lipinski definition) is 3. The topological polar surface area (TPSA) is 21.7 Å². The van der Waals surface area contributed by atoms with Crippen LogP contribution in [0.3, 0.4) is 0 Å². The van der Waals surface area contributed by atoms with Crippen LogP contribution in [0.2, 0.25) is 5.04 Å². The first kappa shape index (κ1) is 20.1. The van der Waals surface area contributed by atoms with E-state index in [0.717, 1.165) is 26.3 Å². The quantitative estimate of drug-likeness (QED) is 0.589. The van der Waals surface area contributed by atoms with Crippen molar-refractivity contribution in [3.05, 3.63) is 0 Å². The average Bonchev–Trinajstić information content (AvgIpc) is 2.24. The highest BCUT2D eigenvalue weighted by molar-refractivity contribution is 6.67. The molecular formula is C16H37NO2Si. The fourth-order valence-corrected chi connectivity index (χ4v) is 6.98. The van der Waals surface area contributed by atoms with Crippen LogP contribution in [-0.4, -0.2) is 39.6 Å². The molecule has 0 aliphatic carbocycles. The zero-order valence-electron chi connectivity index (χ0n) is 15.2. The summed E-state index contributed by atoms with van der Waals surface area (Å²) in [5.74, 6) is 1.23. The van der Waals surface area contributed by atoms with Gasteiger partial charge in [0, 0.05) is 18.3 Å². The van der Waals surface area contributed by atoms with Crippen LogP contribution in [0.1, 0.15) is 62.3 Å². The molecule has 122 valence electrons. The van der Waals surface area contributed by atoms with Crippen LogP contribution in [0.25, 0.3) is 0 Å². The highest BCUT2D eigenvalue weighted by Gasteiger charge is 2.55. The molecule has 0 amide bonds. The molecule has 0 rings (SSSR count). The van der Waals surface area contributed by atoms with Gasteiger partial charge in [-0.1, -0.05) is 48.5 Å². The van der Waals surface area contributed by atoms with Crippen LogP contribution in [0.4, 0.5) is 0 Å². The summed E-state index contributed by atoms with van der Waals surface area (Å²) >= 11 is 0. The van der Waals surface area contributed by atoms with Crippen molar-refractivity contribution in [3.63, 3.8) is 0 Å². The van der Waals surface area contributed by atoms with Crippen LogP contribution in [0.15, 0.2) is 0 Å². The molecule has 4 heteroatoms. The first-order valence-corrected chi connectivity index (χ1v) is 9.90. The van der Waals surface area contributed by atoms with E-state index in [1.807, 2.05) is 0 Å². The smallest absolute Gasteiger partial charge is 0.383 e. The molecule has 20 heavy (non-hydrogen) atoms. The Labute approximate surface area is 128 Å². The summed E-state index contributed by atoms with van der Waals surface area (Å²) in [7, 11) is -2.42. The van der Waals surface area contributed by atoms with Crippen LogP contribution in [0.5, 0.6) is 0 Å². The van der Waals surface area contributed by atoms with Crippen LogP contribution in [-0.2, 0) is 8.85 Å². The molecule has 0 aromatic rings. The summed E-state index contributed by atoms with van der Waals surface area (Å²) in [4.78, 5) is 0. The predicted molar refractivity (Wildman–Crippen MR) is 90.0 cm³/mol. The third-order valence-corrected chi connectivity index (χ3v) is 7.67. The van der Waals surface area contributed by atoms with E-state index < -0.39 is 8.72 Å². The SMILES string of the molecule is CCO[Si](OCC)(N(CC(C)C)CC(C)C)C(C)(C)C. The zero-order valence-corrected chi connectivity index (χ0v) is 16.2. The van der Waals surface area contributed by atoms with E-state index in [1.54, 1.807) is 0 Å². The molecule has 0 bridgehead atoms. The third-order valence-electron chi connectivity index (χ3n) is 3.22. The highest BCUT2D eigenvalue weighted by Crippen LogP contribution is 2.40. The van der Waals surface area contributed by atoms with Crippen molar-refractivity contribution in [2.24, 2.45) is 11.8 Å². The van der Waals surface area contributed by atoms with Crippen molar-refractivity contribution in [1.82, 2.24) is 4.57 Å². The van der Waals surface area contributed by atoms with Crippen molar-refractivity contribution < 1.29 is 8.85 Å². The molecule has 3 nitrogen and oxygen atoms in total. The van der Waals surface area contributed by atoms with Gasteiger partial charge in [0.2, 0.25) is 0 Å². The van der Waals surface area contributed by atoms with Gasteiger partial charge in [-0.25, -0.2) is 0 Å². The van der Waals surface area contributed by atoms with Gasteiger partial charge >= 0.3 is 8.72 Å². The van der Waals surface area contributed by atoms with Crippen molar-refractivity contribution in [3.8, 4) is 0 Å². The van der Waals surface area contributed by atoms with Crippen LogP contribution >= 0.6 is 0 Å². The van der Waals surface area contributed by atoms with Gasteiger partial charge in [0.25, 0.3) is 0 Å². The predicted octanol–water partition coefficient (Wildman–Crippen LogP) is 4.41. The summed E-state index contributed by atoms with van der Waals surface area (Å²) in [6.07, 6.45) is 0. The molecule has 0 saturated carbocycles. The zero-order chi connectivity index (χ0) is 16.0. The molecule has 0 aromatic carbocycles. The molecule has 0 atom stereocenters. The molecule has 0 N–H and O–H groups in total. The normalized spacial score (nSPS) is 13.8. The maximum absolute atomic E-state index is 6.34. The molecule has 0 aliphatic rings. The van der Waals surface area contributed by atoms with Crippen LogP contribution < -0.4 is 0 Å². The lowest BCUT2D eigenvalue weighted by molar-refractivity contribution is 0.0881. The summed E-state index contributed by atoms with van der Waals surface area (Å²) in [5, 5.41) is 0.0306. The van der Waals surface area contributed by atoms with Gasteiger partial charge in [0.15, 0.2) is 0 Å². The molecular weight excluding hydrogens is 266 g/mol. The maximum atomic E-state index is 6.34. The van der Waals surface area contributed by atoms with Crippen molar-refractivity contribution in [1.29, 1.82) is 0 Å². The molecule has 0 heterocycles. The maximum Gasteiger partial charge on any atom is 0.433 e. The van der Waals surface area contributed by atoms with E-state index >= 15 is 0 Å². The van der Waals surface area contributed by atoms with Gasteiger partial charge in [0.1, 0.15) is 0 Å². The summed E-state index contributed by atoms with van der Waals surface area (Å²) < 4.78 is 15.2. The molecule has 0 radical (unpaired) electrons. The molecule has 0 aromatic heterocycles. The van der Waals surface area contributed by atoms with Crippen molar-refractivity contribution in [2.45, 2.75) is 67.4 Å². The second-order valence-corrected chi connectivity index (χ2v) is 11.3. The summed E-state index contributed by atoms with van der Waals surface area (Å²) in [5.41, 5.74) is 0. The summed E-state index contributed by atoms with van der Waals surface area (Å²) in [6.45, 7) is 23.6. The van der Waals surface area contributed by atoms with Gasteiger partial charge in [-0.3, -0.25) is 4.57 Å². The van der Waals surface area contributed by atoms with Crippen LogP contribution in [0, 0.1) is 11.8 Å². The minimum Gasteiger partial charge on any atom is -0.383 e. The van der Waals surface area contributed by atoms with Gasteiger partial charge in [-0.15, -0.1) is 0 Å². The number of nitrogens with zero attached hydrogens (tertiary/aromatic N) is 1. The number of hydrogen-bond donors (Lipinski definition) is 0. The van der Waals surface area contributed by atoms with Crippen molar-refractivity contribution >= 4 is 8.72 Å². The largest absolute Gasteiger partial charge is 0.433 e. The van der Waals surface area contributed by atoms with Crippen molar-refractivity contribution in [2.75, 3.05) is 26.3 Å². The Morgan fingerprint density at radius 1 is 0.850 bits per heavy atom. The van der Waals surface area contributed by atoms with Gasteiger partial charge in [-0.05, 0) is 38.8 Å². The Kier molecular flexibility index (Phi) is 8.56. The lowest BCUT2D eigenvalue weighted by Gasteiger charge is -2.48. The average molecular weight is 304 g/mol. The first-order valence-electron chi connectivity index (χ1n) is 8.13. The van der Waals surface area contributed by atoms with E-state index in [1.165, 1.54) is 0 Å². The lowest BCUT2D eigenvalue weighted by atomic mass is 10.2. The van der Waals surface area contributed by atoms with E-state index in [9.17, 15) is 0 Å². The highest BCUT2D eigenvalue weighted by atomic mass is 28.4. The Morgan fingerprint density at radius 3 is 1.40 bits per heavy atom. The Hall–Kier alpha value is 0.0969. The van der Waals surface area contributed by atoms with Gasteiger partial charge < -0.3 is 8.85 Å². The second-order valence-electron chi connectivity index (χ2n) is 7.39. The standard InChI is InChI=1S/C16H37NO2Si/c1-10-18-20(19-11-2,16(7,8)9)17(12-14(3)4)13-15(5)6/h14-15H,10-13H2,1-9H3. The first-order chi connectivity index (χ1) is 9.10. The fraction of sp³-hybridized carbons (Fsp3) is 1.00. The minimum absolute atomic E-state index is 0.0306. The molecule has 0 unspecified atom stereocenters. The fourth-order valence-electron chi connectivity index (χ4n) is 2.72. The minimum atomic E-state index is -2.42. The summed E-state index contributed by atoms with van der Waals surface area (Å²) in [6, 6.07) is 0. The van der Waals surface area contributed by atoms with E-state index in [0.29, 0.717) is 11.8 Å². The third kappa shape index (κ3) is 5.47. The van der Waals surface area contributed by atoms with E-state index in [-0.39, 0.29) is 5.04 Å². The number of rotatable bonds is 9. The van der Waals surface area contributed by atoms with Gasteiger partial charge in [-0.2, -0.15) is 0 Å². The molecule has 0 fully saturated rings. The Morgan fingerprint density at radius 2 is 1.20 bits per heavy atom. The monoisotopic (exact) mass is 303 g/mol. The Bertz CT molecular complexity index is 246.